The number of rotatable bonds is 40. The standard InChI is InChI=1S/C76H84F2N8O16/c1-97-73(93)65(83-75(95)101-51-57-26-34-63(35-27-57)99-49-55-14-5-3-6-15-55)20-9-11-40-79-67(87)45-85(47-69(89)81-42-38-53-22-30-61(77)31-23-53)71(91)59-18-13-19-60(44-59)72(92)86(48-70(90)82-43-39-54-24-32-62(78)33-25-54)46-68(88)80-41-12-10-21-66(74(94)98-2)84-76(96)102-52-58-28-36-64(37-29-58)100-50-56-16-7-4-8-17-56/h3-8,13-19,22-37,44,65-66H,9-12,20-21,38-43,45-52H2,1-2H3,(H,79,87)(H,80,88)(H,81,89)(H,82,90)(H,83,95)(H,84,96)/t65-,66-/m0/s1. The highest BCUT2D eigenvalue weighted by molar-refractivity contribution is 6.03. The number of halogens is 2. The Kier molecular flexibility index (Phi) is 32.2. The smallest absolute Gasteiger partial charge is 0.408 e. The van der Waals surface area contributed by atoms with Crippen molar-refractivity contribution in [2.75, 3.05) is 66.6 Å². The molecule has 0 heterocycles. The van der Waals surface area contributed by atoms with E-state index >= 15 is 0 Å². The van der Waals surface area contributed by atoms with Crippen molar-refractivity contribution < 1.29 is 85.1 Å². The number of hydrogen-bond acceptors (Lipinski definition) is 16. The summed E-state index contributed by atoms with van der Waals surface area (Å²) in [5.74, 6) is -5.47. The zero-order valence-corrected chi connectivity index (χ0v) is 56.8. The molecule has 0 unspecified atom stereocenters. The zero-order chi connectivity index (χ0) is 72.9. The number of nitrogens with one attached hydrogen (secondary N) is 6. The van der Waals surface area contributed by atoms with E-state index in [0.29, 0.717) is 72.6 Å². The van der Waals surface area contributed by atoms with Crippen molar-refractivity contribution in [3.63, 3.8) is 0 Å². The molecule has 0 saturated heterocycles. The summed E-state index contributed by atoms with van der Waals surface area (Å²) in [7, 11) is 2.34. The summed E-state index contributed by atoms with van der Waals surface area (Å²) in [6, 6.07) is 47.7. The Morgan fingerprint density at radius 3 is 1.06 bits per heavy atom. The molecule has 102 heavy (non-hydrogen) atoms. The Morgan fingerprint density at radius 1 is 0.373 bits per heavy atom. The number of hydrogen-bond donors (Lipinski definition) is 6. The Labute approximate surface area is 590 Å². The lowest BCUT2D eigenvalue weighted by atomic mass is 10.1. The second kappa shape index (κ2) is 42.3. The molecule has 0 bridgehead atoms. The maximum absolute atomic E-state index is 14.5. The molecule has 6 N–H and O–H groups in total. The number of carbonyl (C=O) groups is 10. The molecule has 7 aromatic rings. The van der Waals surface area contributed by atoms with Gasteiger partial charge in [-0.2, -0.15) is 0 Å². The van der Waals surface area contributed by atoms with Crippen LogP contribution < -0.4 is 41.4 Å². The normalized spacial score (nSPS) is 11.3. The van der Waals surface area contributed by atoms with E-state index in [-0.39, 0.29) is 76.2 Å². The van der Waals surface area contributed by atoms with Crippen molar-refractivity contribution in [1.29, 1.82) is 0 Å². The maximum Gasteiger partial charge on any atom is 0.408 e. The van der Waals surface area contributed by atoms with E-state index in [1.807, 2.05) is 60.7 Å². The van der Waals surface area contributed by atoms with Crippen molar-refractivity contribution in [1.82, 2.24) is 41.7 Å². The minimum atomic E-state index is -1.10. The van der Waals surface area contributed by atoms with Crippen LogP contribution >= 0.6 is 0 Å². The van der Waals surface area contributed by atoms with Gasteiger partial charge in [0.2, 0.25) is 23.6 Å². The van der Waals surface area contributed by atoms with Gasteiger partial charge in [0, 0.05) is 37.3 Å². The number of nitrogens with zero attached hydrogens (tertiary/aromatic N) is 2. The number of esters is 2. The fraction of sp³-hybridized carbons (Fsp3) is 0.316. The highest BCUT2D eigenvalue weighted by atomic mass is 19.1. The van der Waals surface area contributed by atoms with Crippen LogP contribution in [0.5, 0.6) is 11.5 Å². The first-order chi connectivity index (χ1) is 49.4. The van der Waals surface area contributed by atoms with E-state index in [4.69, 9.17) is 28.4 Å². The fourth-order valence-electron chi connectivity index (χ4n) is 10.2. The second-order valence-corrected chi connectivity index (χ2v) is 23.5. The third-order valence-corrected chi connectivity index (χ3v) is 15.7. The molecular weight excluding hydrogens is 1320 g/mol. The van der Waals surface area contributed by atoms with Gasteiger partial charge in [-0.05, 0) is 151 Å². The molecule has 538 valence electrons. The number of unbranched alkanes of at least 4 members (excludes halogenated alkanes) is 2. The molecule has 0 aliphatic rings. The highest BCUT2D eigenvalue weighted by Gasteiger charge is 2.28. The van der Waals surface area contributed by atoms with Gasteiger partial charge in [-0.3, -0.25) is 28.8 Å². The molecule has 8 amide bonds. The van der Waals surface area contributed by atoms with Crippen LogP contribution in [0.4, 0.5) is 18.4 Å². The zero-order valence-electron chi connectivity index (χ0n) is 56.8. The number of ether oxygens (including phenoxy) is 6. The quantitative estimate of drug-likeness (QED) is 0.0120. The first kappa shape index (κ1) is 77.6. The molecule has 0 spiro atoms. The van der Waals surface area contributed by atoms with Crippen molar-refractivity contribution in [2.24, 2.45) is 0 Å². The van der Waals surface area contributed by atoms with E-state index in [1.165, 1.54) is 62.8 Å². The van der Waals surface area contributed by atoms with Crippen LogP contribution in [-0.2, 0) is 87.0 Å². The van der Waals surface area contributed by atoms with Gasteiger partial charge < -0.3 is 70.1 Å². The molecule has 7 rings (SSSR count). The largest absolute Gasteiger partial charge is 0.489 e. The van der Waals surface area contributed by atoms with Crippen molar-refractivity contribution >= 4 is 59.6 Å². The predicted molar refractivity (Wildman–Crippen MR) is 371 cm³/mol. The lowest BCUT2D eigenvalue weighted by Crippen LogP contribution is -2.47. The summed E-state index contributed by atoms with van der Waals surface area (Å²) in [4.78, 5) is 136. The van der Waals surface area contributed by atoms with E-state index in [0.717, 1.165) is 20.9 Å². The molecule has 0 aliphatic heterocycles. The monoisotopic (exact) mass is 1400 g/mol. The lowest BCUT2D eigenvalue weighted by molar-refractivity contribution is -0.144. The van der Waals surface area contributed by atoms with Crippen molar-refractivity contribution in [3.8, 4) is 11.5 Å². The van der Waals surface area contributed by atoms with Crippen LogP contribution in [0.15, 0.2) is 182 Å². The third kappa shape index (κ3) is 28.3. The second-order valence-electron chi connectivity index (χ2n) is 23.5. The first-order valence-electron chi connectivity index (χ1n) is 33.2. The van der Waals surface area contributed by atoms with Gasteiger partial charge in [0.25, 0.3) is 11.8 Å². The molecule has 0 aromatic heterocycles. The maximum atomic E-state index is 14.5. The summed E-state index contributed by atoms with van der Waals surface area (Å²) in [5.41, 5.74) is 4.48. The fourth-order valence-corrected chi connectivity index (χ4v) is 10.2. The third-order valence-electron chi connectivity index (χ3n) is 15.7. The molecule has 2 atom stereocenters. The summed E-state index contributed by atoms with van der Waals surface area (Å²) in [6.45, 7) is -1.77. The highest BCUT2D eigenvalue weighted by Crippen LogP contribution is 2.19. The average molecular weight is 1400 g/mol. The average Bonchev–Trinajstić information content (AvgIpc) is 0.828. The SMILES string of the molecule is COC(=O)[C@H](CCCCNC(=O)CN(CC(=O)NCCc1ccc(F)cc1)C(=O)c1cccc(C(=O)N(CC(=O)NCCCC[C@H](NC(=O)OCc2ccc(OCc3ccccc3)cc2)C(=O)OC)CC(=O)NCCc2ccc(F)cc2)c1)NC(=O)OCc1ccc(OCc2ccccc2)cc1. The topological polar surface area (TPSA) is 305 Å². The number of methoxy groups -OCH3 is 2. The summed E-state index contributed by atoms with van der Waals surface area (Å²) in [6.07, 6.45) is 0.242. The molecule has 0 aliphatic carbocycles. The summed E-state index contributed by atoms with van der Waals surface area (Å²) < 4.78 is 59.5. The van der Waals surface area contributed by atoms with Gasteiger partial charge in [0.15, 0.2) is 0 Å². The summed E-state index contributed by atoms with van der Waals surface area (Å²) in [5, 5.41) is 15.9. The van der Waals surface area contributed by atoms with Gasteiger partial charge in [-0.25, -0.2) is 28.0 Å². The van der Waals surface area contributed by atoms with Gasteiger partial charge in [0.05, 0.1) is 14.2 Å². The summed E-state index contributed by atoms with van der Waals surface area (Å²) >= 11 is 0. The molecular formula is C76H84F2N8O16. The van der Waals surface area contributed by atoms with Crippen LogP contribution in [0.25, 0.3) is 0 Å². The minimum Gasteiger partial charge on any atom is -0.489 e. The van der Waals surface area contributed by atoms with E-state index in [1.54, 1.807) is 72.8 Å². The van der Waals surface area contributed by atoms with Gasteiger partial charge >= 0.3 is 24.1 Å². The number of alkyl carbamates (subject to hydrolysis) is 2. The molecule has 26 heteroatoms. The first-order valence-corrected chi connectivity index (χ1v) is 33.2. The van der Waals surface area contributed by atoms with E-state index in [9.17, 15) is 56.7 Å². The van der Waals surface area contributed by atoms with Crippen LogP contribution in [0.3, 0.4) is 0 Å². The Bertz CT molecular complexity index is 3610. The van der Waals surface area contributed by atoms with Crippen LogP contribution in [0, 0.1) is 11.6 Å². The Hall–Kier alpha value is -11.7. The Morgan fingerprint density at radius 2 is 0.706 bits per heavy atom. The van der Waals surface area contributed by atoms with Gasteiger partial charge in [-0.15, -0.1) is 0 Å². The minimum absolute atomic E-state index is 0.0395. The van der Waals surface area contributed by atoms with Gasteiger partial charge in [-0.1, -0.05) is 115 Å². The lowest BCUT2D eigenvalue weighted by Gasteiger charge is -2.24. The van der Waals surface area contributed by atoms with E-state index < -0.39 is 109 Å². The van der Waals surface area contributed by atoms with Crippen LogP contribution in [-0.4, -0.2) is 148 Å². The van der Waals surface area contributed by atoms with Gasteiger partial charge in [0.1, 0.15) is 87.8 Å². The van der Waals surface area contributed by atoms with Crippen molar-refractivity contribution in [2.45, 2.75) is 89.9 Å². The van der Waals surface area contributed by atoms with Crippen molar-refractivity contribution in [3.05, 3.63) is 238 Å². The molecule has 0 saturated carbocycles. The van der Waals surface area contributed by atoms with Crippen LogP contribution in [0.2, 0.25) is 0 Å². The molecule has 24 nitrogen and oxygen atoms in total. The van der Waals surface area contributed by atoms with E-state index in [2.05, 4.69) is 31.9 Å². The Balaban J connectivity index is 0.931. The molecule has 0 radical (unpaired) electrons. The number of carbonyl (C=O) groups excluding carboxylic acids is 10. The van der Waals surface area contributed by atoms with Crippen LogP contribution in [0.1, 0.15) is 92.6 Å². The molecule has 0 fully saturated rings. The number of amides is 8. The number of benzene rings is 7. The predicted octanol–water partition coefficient (Wildman–Crippen LogP) is 8.23. The molecule has 7 aromatic carbocycles.